The highest BCUT2D eigenvalue weighted by atomic mass is 32.2. The van der Waals surface area contributed by atoms with Gasteiger partial charge in [-0.3, -0.25) is 4.79 Å². The van der Waals surface area contributed by atoms with E-state index in [4.69, 9.17) is 4.74 Å². The highest BCUT2D eigenvalue weighted by Crippen LogP contribution is 2.26. The summed E-state index contributed by atoms with van der Waals surface area (Å²) in [6.45, 7) is 5.94. The quantitative estimate of drug-likeness (QED) is 0.604. The fourth-order valence-electron chi connectivity index (χ4n) is 3.40. The van der Waals surface area contributed by atoms with E-state index in [0.717, 1.165) is 19.3 Å². The summed E-state index contributed by atoms with van der Waals surface area (Å²) >= 11 is 0. The number of nitrogens with zero attached hydrogens (tertiary/aromatic N) is 1. The Morgan fingerprint density at radius 1 is 1.13 bits per heavy atom. The van der Waals surface area contributed by atoms with Gasteiger partial charge in [-0.1, -0.05) is 26.3 Å². The molecule has 0 aliphatic carbocycles. The molecule has 0 bridgehead atoms. The minimum absolute atomic E-state index is 0.138. The van der Waals surface area contributed by atoms with E-state index in [1.807, 2.05) is 0 Å². The maximum Gasteiger partial charge on any atom is 0.255 e. The van der Waals surface area contributed by atoms with Crippen LogP contribution in [0.1, 0.15) is 43.5 Å². The molecule has 1 aliphatic heterocycles. The Bertz CT molecular complexity index is 1020. The number of nitrogens with one attached hydrogen (secondary N) is 2. The molecular weight excluding hydrogens is 414 g/mol. The Morgan fingerprint density at radius 3 is 2.55 bits per heavy atom. The molecule has 0 spiro atoms. The molecule has 1 fully saturated rings. The third-order valence-corrected chi connectivity index (χ3v) is 7.43. The summed E-state index contributed by atoms with van der Waals surface area (Å²) in [5, 5.41) is 6.12. The van der Waals surface area contributed by atoms with Crippen molar-refractivity contribution in [3.63, 3.8) is 0 Å². The van der Waals surface area contributed by atoms with Crippen LogP contribution in [-0.2, 0) is 10.0 Å². The zero-order valence-electron chi connectivity index (χ0n) is 18.3. The average molecular weight is 446 g/mol. The van der Waals surface area contributed by atoms with E-state index >= 15 is 0 Å². The number of anilines is 2. The lowest BCUT2D eigenvalue weighted by Gasteiger charge is -2.18. The standard InChI is InChI=1S/C23H31N3O4S/c1-4-17(2)16-24-20-12-18(23(27)25-19-8-7-9-21(14-19)30-3)13-22(15-20)31(28,29)26-10-5-6-11-26/h7-9,12-15,17,24H,4-6,10-11,16H2,1-3H3,(H,25,27)/t17-/m0/s1. The molecule has 2 N–H and O–H groups in total. The first-order valence-electron chi connectivity index (χ1n) is 10.7. The predicted molar refractivity (Wildman–Crippen MR) is 123 cm³/mol. The van der Waals surface area contributed by atoms with E-state index in [-0.39, 0.29) is 16.4 Å². The lowest BCUT2D eigenvalue weighted by atomic mass is 10.1. The second-order valence-corrected chi connectivity index (χ2v) is 9.88. The van der Waals surface area contributed by atoms with Crippen LogP contribution >= 0.6 is 0 Å². The van der Waals surface area contributed by atoms with Gasteiger partial charge in [0.15, 0.2) is 0 Å². The molecule has 0 saturated carbocycles. The van der Waals surface area contributed by atoms with E-state index in [2.05, 4.69) is 24.5 Å². The first-order valence-corrected chi connectivity index (χ1v) is 12.1. The van der Waals surface area contributed by atoms with Crippen LogP contribution in [0.3, 0.4) is 0 Å². The predicted octanol–water partition coefficient (Wildman–Crippen LogP) is 4.19. The summed E-state index contributed by atoms with van der Waals surface area (Å²) in [6, 6.07) is 11.8. The number of hydrogen-bond acceptors (Lipinski definition) is 5. The van der Waals surface area contributed by atoms with Crippen molar-refractivity contribution in [2.24, 2.45) is 5.92 Å². The fraction of sp³-hybridized carbons (Fsp3) is 0.435. The number of sulfonamides is 1. The van der Waals surface area contributed by atoms with Crippen molar-refractivity contribution in [3.05, 3.63) is 48.0 Å². The molecule has 1 amide bonds. The van der Waals surface area contributed by atoms with Gasteiger partial charge >= 0.3 is 0 Å². The van der Waals surface area contributed by atoms with Gasteiger partial charge in [-0.15, -0.1) is 0 Å². The summed E-state index contributed by atoms with van der Waals surface area (Å²) < 4.78 is 33.0. The monoisotopic (exact) mass is 445 g/mol. The van der Waals surface area contributed by atoms with Crippen molar-refractivity contribution in [2.75, 3.05) is 37.4 Å². The highest BCUT2D eigenvalue weighted by molar-refractivity contribution is 7.89. The van der Waals surface area contributed by atoms with E-state index in [1.165, 1.54) is 10.4 Å². The summed E-state index contributed by atoms with van der Waals surface area (Å²) in [6.07, 6.45) is 2.71. The van der Waals surface area contributed by atoms with Crippen molar-refractivity contribution < 1.29 is 17.9 Å². The molecule has 0 aromatic heterocycles. The van der Waals surface area contributed by atoms with Crippen LogP contribution in [0, 0.1) is 5.92 Å². The third-order valence-electron chi connectivity index (χ3n) is 5.55. The van der Waals surface area contributed by atoms with Gasteiger partial charge < -0.3 is 15.4 Å². The molecule has 8 heteroatoms. The molecule has 2 aromatic rings. The molecule has 31 heavy (non-hydrogen) atoms. The molecular formula is C23H31N3O4S. The minimum atomic E-state index is -3.65. The highest BCUT2D eigenvalue weighted by Gasteiger charge is 2.28. The van der Waals surface area contributed by atoms with Crippen molar-refractivity contribution in [1.82, 2.24) is 4.31 Å². The topological polar surface area (TPSA) is 87.7 Å². The van der Waals surface area contributed by atoms with Gasteiger partial charge in [-0.05, 0) is 49.1 Å². The summed E-state index contributed by atoms with van der Waals surface area (Å²) in [5.41, 5.74) is 1.48. The Hall–Kier alpha value is -2.58. The zero-order chi connectivity index (χ0) is 22.4. The second kappa shape index (κ2) is 10.2. The van der Waals surface area contributed by atoms with Crippen LogP contribution in [-0.4, -0.2) is 45.4 Å². The first-order chi connectivity index (χ1) is 14.8. The van der Waals surface area contributed by atoms with Gasteiger partial charge in [0.1, 0.15) is 5.75 Å². The van der Waals surface area contributed by atoms with Crippen LogP contribution in [0.4, 0.5) is 11.4 Å². The molecule has 1 aliphatic rings. The Balaban J connectivity index is 1.92. The lowest BCUT2D eigenvalue weighted by Crippen LogP contribution is -2.28. The number of rotatable bonds is 9. The van der Waals surface area contributed by atoms with Crippen molar-refractivity contribution in [3.8, 4) is 5.75 Å². The van der Waals surface area contributed by atoms with Gasteiger partial charge in [-0.25, -0.2) is 8.42 Å². The van der Waals surface area contributed by atoms with Crippen LogP contribution < -0.4 is 15.4 Å². The normalized spacial score (nSPS) is 15.5. The summed E-state index contributed by atoms with van der Waals surface area (Å²) in [7, 11) is -2.09. The lowest BCUT2D eigenvalue weighted by molar-refractivity contribution is 0.102. The number of hydrogen-bond donors (Lipinski definition) is 2. The van der Waals surface area contributed by atoms with Crippen LogP contribution in [0.25, 0.3) is 0 Å². The van der Waals surface area contributed by atoms with Crippen molar-refractivity contribution >= 4 is 27.3 Å². The minimum Gasteiger partial charge on any atom is -0.497 e. The molecule has 168 valence electrons. The van der Waals surface area contributed by atoms with Gasteiger partial charge in [0.05, 0.1) is 12.0 Å². The van der Waals surface area contributed by atoms with E-state index in [9.17, 15) is 13.2 Å². The van der Waals surface area contributed by atoms with Crippen LogP contribution in [0.15, 0.2) is 47.4 Å². The third kappa shape index (κ3) is 5.77. The Labute approximate surface area is 184 Å². The van der Waals surface area contributed by atoms with Crippen molar-refractivity contribution in [2.45, 2.75) is 38.0 Å². The first kappa shape index (κ1) is 23.1. The molecule has 2 aromatic carbocycles. The smallest absolute Gasteiger partial charge is 0.255 e. The second-order valence-electron chi connectivity index (χ2n) is 7.94. The number of methoxy groups -OCH3 is 1. The maximum atomic E-state index is 13.1. The van der Waals surface area contributed by atoms with Gasteiger partial charge in [-0.2, -0.15) is 4.31 Å². The molecule has 3 rings (SSSR count). The van der Waals surface area contributed by atoms with Crippen molar-refractivity contribution in [1.29, 1.82) is 0 Å². The number of carbonyl (C=O) groups is 1. The number of benzene rings is 2. The molecule has 1 saturated heterocycles. The fourth-order valence-corrected chi connectivity index (χ4v) is 4.99. The zero-order valence-corrected chi connectivity index (χ0v) is 19.2. The van der Waals surface area contributed by atoms with Crippen LogP contribution in [0.5, 0.6) is 5.75 Å². The number of amides is 1. The molecule has 7 nitrogen and oxygen atoms in total. The number of carbonyl (C=O) groups excluding carboxylic acids is 1. The SMILES string of the molecule is CC[C@H](C)CNc1cc(C(=O)Nc2cccc(OC)c2)cc(S(=O)(=O)N2CCCC2)c1. The largest absolute Gasteiger partial charge is 0.497 e. The van der Waals surface area contributed by atoms with E-state index < -0.39 is 10.0 Å². The Morgan fingerprint density at radius 2 is 1.87 bits per heavy atom. The molecule has 1 atom stereocenters. The maximum absolute atomic E-state index is 13.1. The van der Waals surface area contributed by atoms with Crippen LogP contribution in [0.2, 0.25) is 0 Å². The molecule has 1 heterocycles. The van der Waals surface area contributed by atoms with Gasteiger partial charge in [0.2, 0.25) is 10.0 Å². The average Bonchev–Trinajstić information content (AvgIpc) is 3.33. The molecule has 0 unspecified atom stereocenters. The number of ether oxygens (including phenoxy) is 1. The molecule has 0 radical (unpaired) electrons. The summed E-state index contributed by atoms with van der Waals surface area (Å²) in [5.74, 6) is 0.672. The van der Waals surface area contributed by atoms with Gasteiger partial charge in [0.25, 0.3) is 5.91 Å². The van der Waals surface area contributed by atoms with E-state index in [1.54, 1.807) is 43.5 Å². The Kier molecular flexibility index (Phi) is 7.56. The van der Waals surface area contributed by atoms with E-state index in [0.29, 0.717) is 42.7 Å². The summed E-state index contributed by atoms with van der Waals surface area (Å²) in [4.78, 5) is 13.1. The van der Waals surface area contributed by atoms with Gasteiger partial charge in [0, 0.05) is 42.6 Å².